The molecule has 0 heterocycles. The fourth-order valence-corrected chi connectivity index (χ4v) is 5.00. The number of carbonyl (C=O) groups is 1. The highest BCUT2D eigenvalue weighted by atomic mass is 16.5. The molecule has 5 aromatic rings. The van der Waals surface area contributed by atoms with Crippen LogP contribution in [0.3, 0.4) is 0 Å². The van der Waals surface area contributed by atoms with E-state index in [9.17, 15) is 15.0 Å². The molecule has 5 aromatic carbocycles. The fourth-order valence-electron chi connectivity index (χ4n) is 5.00. The van der Waals surface area contributed by atoms with Crippen molar-refractivity contribution in [3.05, 3.63) is 179 Å². The van der Waals surface area contributed by atoms with Crippen LogP contribution in [0.15, 0.2) is 151 Å². The standard InChI is InChI=1S/C42H38O7/c1-46-41-25-31(19-22-39(41)48-28-32-14-8-4-9-15-32)18-21-36(43)35(24-30-12-6-3-7-13-30)38(45)27-37(44)34-20-23-40(42(26-34)47-2)49-29-33-16-10-5-11-17-33/h3-23,25-27,43-44H,24,28-29H2,1-2H3/b21-18+,36-35-,37-27-. The number of aliphatic hydroxyl groups excluding tert-OH is 2. The molecule has 0 saturated carbocycles. The predicted molar refractivity (Wildman–Crippen MR) is 192 cm³/mol. The van der Waals surface area contributed by atoms with Crippen LogP contribution in [0.4, 0.5) is 0 Å². The maximum atomic E-state index is 13.6. The number of benzene rings is 5. The second kappa shape index (κ2) is 17.1. The number of ether oxygens (including phenoxy) is 4. The van der Waals surface area contributed by atoms with Crippen LogP contribution in [0.25, 0.3) is 11.8 Å². The predicted octanol–water partition coefficient (Wildman–Crippen LogP) is 9.10. The van der Waals surface area contributed by atoms with E-state index >= 15 is 0 Å². The fraction of sp³-hybridized carbons (Fsp3) is 0.119. The van der Waals surface area contributed by atoms with Gasteiger partial charge in [-0.3, -0.25) is 4.79 Å². The first-order chi connectivity index (χ1) is 23.9. The smallest absolute Gasteiger partial charge is 0.189 e. The van der Waals surface area contributed by atoms with Gasteiger partial charge in [0.15, 0.2) is 28.8 Å². The van der Waals surface area contributed by atoms with Crippen LogP contribution in [-0.4, -0.2) is 30.2 Å². The van der Waals surface area contributed by atoms with Crippen LogP contribution in [0.2, 0.25) is 0 Å². The zero-order valence-electron chi connectivity index (χ0n) is 27.4. The molecule has 2 N–H and O–H groups in total. The van der Waals surface area contributed by atoms with E-state index in [0.29, 0.717) is 41.8 Å². The Labute approximate surface area is 286 Å². The van der Waals surface area contributed by atoms with Crippen molar-refractivity contribution in [1.29, 1.82) is 0 Å². The van der Waals surface area contributed by atoms with Crippen molar-refractivity contribution < 1.29 is 34.0 Å². The van der Waals surface area contributed by atoms with E-state index in [0.717, 1.165) is 28.3 Å². The molecule has 0 spiro atoms. The van der Waals surface area contributed by atoms with Crippen molar-refractivity contribution in [2.24, 2.45) is 0 Å². The minimum absolute atomic E-state index is 0.110. The lowest BCUT2D eigenvalue weighted by Crippen LogP contribution is -2.07. The Bertz CT molecular complexity index is 1930. The number of hydrogen-bond acceptors (Lipinski definition) is 7. The Morgan fingerprint density at radius 3 is 1.67 bits per heavy atom. The SMILES string of the molecule is COc1cc(/C=C/C(O)=C(\Cc2ccccc2)C(=O)/C=C(\O)c2ccc(OCc3ccccc3)c(OC)c2)ccc1OCc1ccccc1. The number of ketones is 1. The molecule has 0 aliphatic carbocycles. The van der Waals surface area contributed by atoms with Crippen LogP contribution >= 0.6 is 0 Å². The average molecular weight is 655 g/mol. The number of hydrogen-bond donors (Lipinski definition) is 2. The van der Waals surface area contributed by atoms with E-state index < -0.39 is 5.78 Å². The lowest BCUT2D eigenvalue weighted by Gasteiger charge is -2.12. The topological polar surface area (TPSA) is 94.5 Å². The van der Waals surface area contributed by atoms with Gasteiger partial charge in [-0.2, -0.15) is 0 Å². The molecule has 0 atom stereocenters. The van der Waals surface area contributed by atoms with Crippen molar-refractivity contribution in [2.45, 2.75) is 19.6 Å². The van der Waals surface area contributed by atoms with Crippen LogP contribution < -0.4 is 18.9 Å². The van der Waals surface area contributed by atoms with Crippen LogP contribution in [0, 0.1) is 0 Å². The van der Waals surface area contributed by atoms with Gasteiger partial charge in [-0.1, -0.05) is 103 Å². The molecule has 7 nitrogen and oxygen atoms in total. The summed E-state index contributed by atoms with van der Waals surface area (Å²) in [5, 5.41) is 22.2. The summed E-state index contributed by atoms with van der Waals surface area (Å²) in [6.07, 6.45) is 4.39. The largest absolute Gasteiger partial charge is 0.508 e. The zero-order valence-corrected chi connectivity index (χ0v) is 27.4. The number of carbonyl (C=O) groups excluding carboxylic acids is 1. The highest BCUT2D eigenvalue weighted by Gasteiger charge is 2.16. The molecule has 0 aliphatic heterocycles. The van der Waals surface area contributed by atoms with Crippen LogP contribution in [-0.2, 0) is 24.4 Å². The molecular formula is C42H38O7. The Hall–Kier alpha value is -6.21. The molecule has 49 heavy (non-hydrogen) atoms. The van der Waals surface area contributed by atoms with Gasteiger partial charge in [0.1, 0.15) is 24.7 Å². The van der Waals surface area contributed by atoms with E-state index in [1.165, 1.54) is 13.2 Å². The molecule has 0 aromatic heterocycles. The van der Waals surface area contributed by atoms with E-state index in [-0.39, 0.29) is 23.5 Å². The molecule has 0 aliphatic rings. The maximum Gasteiger partial charge on any atom is 0.189 e. The van der Waals surface area contributed by atoms with Crippen LogP contribution in [0.5, 0.6) is 23.0 Å². The highest BCUT2D eigenvalue weighted by molar-refractivity contribution is 6.08. The minimum atomic E-state index is -0.547. The van der Waals surface area contributed by atoms with Crippen molar-refractivity contribution in [1.82, 2.24) is 0 Å². The molecule has 0 unspecified atom stereocenters. The van der Waals surface area contributed by atoms with E-state index in [1.807, 2.05) is 97.1 Å². The number of aliphatic hydroxyl groups is 2. The Morgan fingerprint density at radius 1 is 0.612 bits per heavy atom. The summed E-state index contributed by atoms with van der Waals surface area (Å²) in [6, 6.07) is 39.2. The molecule has 7 heteroatoms. The van der Waals surface area contributed by atoms with Crippen molar-refractivity contribution >= 4 is 17.6 Å². The molecule has 248 valence electrons. The Balaban J connectivity index is 1.36. The first-order valence-electron chi connectivity index (χ1n) is 15.7. The van der Waals surface area contributed by atoms with Gasteiger partial charge in [-0.25, -0.2) is 0 Å². The highest BCUT2D eigenvalue weighted by Crippen LogP contribution is 2.32. The third-order valence-electron chi connectivity index (χ3n) is 7.65. The second-order valence-electron chi connectivity index (χ2n) is 11.1. The van der Waals surface area contributed by atoms with Crippen molar-refractivity contribution in [2.75, 3.05) is 14.2 Å². The molecule has 5 rings (SSSR count). The monoisotopic (exact) mass is 654 g/mol. The Morgan fingerprint density at radius 2 is 1.12 bits per heavy atom. The third kappa shape index (κ3) is 9.65. The van der Waals surface area contributed by atoms with Gasteiger partial charge in [0.2, 0.25) is 0 Å². The van der Waals surface area contributed by atoms with Crippen LogP contribution in [0.1, 0.15) is 27.8 Å². The summed E-state index contributed by atoms with van der Waals surface area (Å²) in [5.74, 6) is 0.944. The van der Waals surface area contributed by atoms with Gasteiger partial charge in [-0.15, -0.1) is 0 Å². The zero-order chi connectivity index (χ0) is 34.4. The van der Waals surface area contributed by atoms with Crippen molar-refractivity contribution in [3.8, 4) is 23.0 Å². The average Bonchev–Trinajstić information content (AvgIpc) is 3.15. The molecule has 0 saturated heterocycles. The van der Waals surface area contributed by atoms with Gasteiger partial charge in [0, 0.05) is 23.6 Å². The van der Waals surface area contributed by atoms with Gasteiger partial charge in [-0.05, 0) is 58.7 Å². The van der Waals surface area contributed by atoms with Gasteiger partial charge < -0.3 is 29.2 Å². The molecular weight excluding hydrogens is 616 g/mol. The second-order valence-corrected chi connectivity index (χ2v) is 11.1. The lowest BCUT2D eigenvalue weighted by molar-refractivity contribution is -0.111. The number of rotatable bonds is 15. The first kappa shape index (κ1) is 34.1. The number of allylic oxidation sites excluding steroid dienone is 3. The summed E-state index contributed by atoms with van der Waals surface area (Å²) >= 11 is 0. The summed E-state index contributed by atoms with van der Waals surface area (Å²) in [5.41, 5.74) is 4.04. The third-order valence-corrected chi connectivity index (χ3v) is 7.65. The Kier molecular flexibility index (Phi) is 11.9. The van der Waals surface area contributed by atoms with E-state index in [1.54, 1.807) is 43.5 Å². The summed E-state index contributed by atoms with van der Waals surface area (Å²) in [6.45, 7) is 0.733. The molecule has 0 bridgehead atoms. The van der Waals surface area contributed by atoms with Gasteiger partial charge >= 0.3 is 0 Å². The van der Waals surface area contributed by atoms with Crippen molar-refractivity contribution in [3.63, 3.8) is 0 Å². The summed E-state index contributed by atoms with van der Waals surface area (Å²) in [4.78, 5) is 13.6. The van der Waals surface area contributed by atoms with Gasteiger partial charge in [0.25, 0.3) is 0 Å². The van der Waals surface area contributed by atoms with E-state index in [4.69, 9.17) is 18.9 Å². The van der Waals surface area contributed by atoms with Gasteiger partial charge in [0.05, 0.1) is 14.2 Å². The molecule has 0 fully saturated rings. The summed E-state index contributed by atoms with van der Waals surface area (Å²) < 4.78 is 22.9. The quantitative estimate of drug-likeness (QED) is 0.0661. The minimum Gasteiger partial charge on any atom is -0.508 e. The number of methoxy groups -OCH3 is 2. The lowest BCUT2D eigenvalue weighted by atomic mass is 9.98. The van der Waals surface area contributed by atoms with E-state index in [2.05, 4.69) is 0 Å². The first-order valence-corrected chi connectivity index (χ1v) is 15.7. The summed E-state index contributed by atoms with van der Waals surface area (Å²) in [7, 11) is 3.07. The molecule has 0 radical (unpaired) electrons. The maximum absolute atomic E-state index is 13.6. The normalized spacial score (nSPS) is 11.9. The molecule has 0 amide bonds.